The third kappa shape index (κ3) is 0.625. The molecule has 1 N–H and O–H groups in total. The highest BCUT2D eigenvalue weighted by Crippen LogP contribution is 1.77. The summed E-state index contributed by atoms with van der Waals surface area (Å²) in [6, 6.07) is 0. The van der Waals surface area contributed by atoms with E-state index in [0.29, 0.717) is 5.84 Å². The van der Waals surface area contributed by atoms with Gasteiger partial charge in [-0.25, -0.2) is 0 Å². The summed E-state index contributed by atoms with van der Waals surface area (Å²) < 4.78 is 0. The van der Waals surface area contributed by atoms with Crippen molar-refractivity contribution in [1.29, 1.82) is 0 Å². The van der Waals surface area contributed by atoms with Crippen molar-refractivity contribution in [3.05, 3.63) is 5.21 Å². The highest BCUT2D eigenvalue weighted by atomic mass is 16.5. The van der Waals surface area contributed by atoms with Gasteiger partial charge in [0.05, 0.1) is 5.22 Å². The molecule has 0 amide bonds. The second-order valence-electron chi connectivity index (χ2n) is 1.18. The van der Waals surface area contributed by atoms with Crippen molar-refractivity contribution in [3.63, 3.8) is 0 Å². The van der Waals surface area contributed by atoms with Gasteiger partial charge in [-0.1, -0.05) is 5.10 Å². The zero-order valence-corrected chi connectivity index (χ0v) is 3.75. The fourth-order valence-electron chi connectivity index (χ4n) is 0.245. The van der Waals surface area contributed by atoms with Crippen molar-refractivity contribution in [1.82, 2.24) is 0 Å². The molecule has 7 heavy (non-hydrogen) atoms. The van der Waals surface area contributed by atoms with Gasteiger partial charge in [0.2, 0.25) is 5.84 Å². The average molecular weight is 100 g/mol. The van der Waals surface area contributed by atoms with Crippen LogP contribution in [0.4, 0.5) is 0 Å². The number of nitrogens with zero attached hydrogens (tertiary/aromatic N) is 3. The maximum atomic E-state index is 10.2. The highest BCUT2D eigenvalue weighted by Gasteiger charge is 2.04. The molecule has 0 aromatic rings. The molecule has 0 aromatic heterocycles. The topological polar surface area (TPSA) is 64.6 Å². The summed E-state index contributed by atoms with van der Waals surface area (Å²) in [4.78, 5) is 0. The predicted octanol–water partition coefficient (Wildman–Crippen LogP) is -0.917. The number of hydroxylamine groups is 1. The van der Waals surface area contributed by atoms with Crippen molar-refractivity contribution in [3.8, 4) is 0 Å². The predicted molar refractivity (Wildman–Crippen MR) is 22.3 cm³/mol. The van der Waals surface area contributed by atoms with Crippen molar-refractivity contribution in [2.45, 2.75) is 6.92 Å². The van der Waals surface area contributed by atoms with Crippen LogP contribution < -0.4 is 5.17 Å². The maximum absolute atomic E-state index is 10.2. The van der Waals surface area contributed by atoms with E-state index in [0.717, 1.165) is 0 Å². The second kappa shape index (κ2) is 1.36. The lowest BCUT2D eigenvalue weighted by Crippen LogP contribution is -3.03. The number of hydrogen-bond acceptors (Lipinski definition) is 4. The molecule has 0 radical (unpaired) electrons. The summed E-state index contributed by atoms with van der Waals surface area (Å²) in [5.41, 5.74) is 0. The van der Waals surface area contributed by atoms with Gasteiger partial charge in [0.25, 0.3) is 0 Å². The first-order valence-electron chi connectivity index (χ1n) is 1.80. The maximum Gasteiger partial charge on any atom is 0.247 e. The molecule has 0 spiro atoms. The van der Waals surface area contributed by atoms with Crippen molar-refractivity contribution >= 4 is 5.84 Å². The minimum atomic E-state index is -0.333. The third-order valence-corrected chi connectivity index (χ3v) is 0.640. The first kappa shape index (κ1) is 4.35. The summed E-state index contributed by atoms with van der Waals surface area (Å²) in [5.74, 6) is 0.361. The molecule has 0 aromatic carbocycles. The van der Waals surface area contributed by atoms with Crippen LogP contribution in [0, 0.1) is 5.21 Å². The Hall–Kier alpha value is -0.810. The Bertz CT molecular complexity index is 128. The van der Waals surface area contributed by atoms with Gasteiger partial charge in [-0.2, -0.15) is 5.17 Å². The van der Waals surface area contributed by atoms with E-state index in [2.05, 4.69) is 15.5 Å². The van der Waals surface area contributed by atoms with E-state index < -0.39 is 0 Å². The number of nitrogens with one attached hydrogen (secondary N) is 1. The zero-order chi connectivity index (χ0) is 5.28. The van der Waals surface area contributed by atoms with Gasteiger partial charge in [0.1, 0.15) is 0 Å². The molecule has 1 aliphatic heterocycles. The molecule has 5 nitrogen and oxygen atoms in total. The van der Waals surface area contributed by atoms with E-state index in [9.17, 15) is 5.21 Å². The molecule has 38 valence electrons. The summed E-state index contributed by atoms with van der Waals surface area (Å²) >= 11 is 0. The van der Waals surface area contributed by atoms with E-state index in [4.69, 9.17) is 0 Å². The molecule has 1 rings (SSSR count). The molecular formula is C2H4N4O. The number of rotatable bonds is 0. The highest BCUT2D eigenvalue weighted by molar-refractivity contribution is 5.70. The molecule has 0 saturated heterocycles. The third-order valence-electron chi connectivity index (χ3n) is 0.640. The van der Waals surface area contributed by atoms with Crippen LogP contribution in [-0.2, 0) is 0 Å². The monoisotopic (exact) mass is 100 g/mol. The van der Waals surface area contributed by atoms with Crippen LogP contribution in [0.5, 0.6) is 0 Å². The smallest absolute Gasteiger partial charge is 0.247 e. The van der Waals surface area contributed by atoms with E-state index in [1.165, 1.54) is 0 Å². The van der Waals surface area contributed by atoms with Crippen LogP contribution in [0.15, 0.2) is 15.5 Å². The Morgan fingerprint density at radius 1 is 1.71 bits per heavy atom. The Morgan fingerprint density at radius 2 is 2.43 bits per heavy atom. The van der Waals surface area contributed by atoms with Gasteiger partial charge in [-0.05, 0) is 0 Å². The fourth-order valence-corrected chi connectivity index (χ4v) is 0.245. The van der Waals surface area contributed by atoms with Gasteiger partial charge < -0.3 is 5.21 Å². The molecule has 1 unspecified atom stereocenters. The van der Waals surface area contributed by atoms with Gasteiger partial charge in [-0.3, -0.25) is 0 Å². The van der Waals surface area contributed by atoms with Crippen LogP contribution in [0.1, 0.15) is 6.92 Å². The van der Waals surface area contributed by atoms with Crippen molar-refractivity contribution < 1.29 is 5.17 Å². The van der Waals surface area contributed by atoms with Gasteiger partial charge in [-0.15, -0.1) is 0 Å². The summed E-state index contributed by atoms with van der Waals surface area (Å²) in [6.07, 6.45) is 0. The lowest BCUT2D eigenvalue weighted by atomic mass is 10.7. The molecular weight excluding hydrogens is 96.0 g/mol. The molecule has 1 heterocycles. The molecule has 0 aliphatic carbocycles. The van der Waals surface area contributed by atoms with Crippen LogP contribution in [0.25, 0.3) is 0 Å². The van der Waals surface area contributed by atoms with Crippen LogP contribution in [-0.4, -0.2) is 5.84 Å². The molecule has 0 saturated carbocycles. The normalized spacial score (nSPS) is 28.3. The van der Waals surface area contributed by atoms with Crippen molar-refractivity contribution in [2.75, 3.05) is 0 Å². The quantitative estimate of drug-likeness (QED) is 0.393. The zero-order valence-electron chi connectivity index (χ0n) is 3.75. The summed E-state index contributed by atoms with van der Waals surface area (Å²) in [6.45, 7) is 1.57. The molecule has 1 atom stereocenters. The average Bonchev–Trinajstić information content (AvgIpc) is 1.91. The van der Waals surface area contributed by atoms with E-state index in [1.54, 1.807) is 6.92 Å². The fraction of sp³-hybridized carbons (Fsp3) is 0.500. The summed E-state index contributed by atoms with van der Waals surface area (Å²) in [7, 11) is 0. The SMILES string of the molecule is CC1=NN=N[NH+]1[O-]. The first-order valence-corrected chi connectivity index (χ1v) is 1.80. The summed E-state index contributed by atoms with van der Waals surface area (Å²) in [5, 5.41) is 19.4. The van der Waals surface area contributed by atoms with E-state index in [1.807, 2.05) is 0 Å². The largest absolute Gasteiger partial charge is 0.599 e. The van der Waals surface area contributed by atoms with Gasteiger partial charge >= 0.3 is 0 Å². The Labute approximate surface area is 39.9 Å². The minimum absolute atomic E-state index is 0.333. The van der Waals surface area contributed by atoms with E-state index in [-0.39, 0.29) is 5.17 Å². The number of hydrogen-bond donors (Lipinski definition) is 1. The molecule has 1 aliphatic rings. The lowest BCUT2D eigenvalue weighted by molar-refractivity contribution is -0.757. The minimum Gasteiger partial charge on any atom is -0.599 e. The molecule has 0 bridgehead atoms. The van der Waals surface area contributed by atoms with Gasteiger partial charge in [0, 0.05) is 12.1 Å². The molecule has 5 heteroatoms. The van der Waals surface area contributed by atoms with Crippen LogP contribution in [0.2, 0.25) is 0 Å². The van der Waals surface area contributed by atoms with Crippen LogP contribution in [0.3, 0.4) is 0 Å². The number of amidine groups is 1. The standard InChI is InChI=1S/C2H4N4O/c1-2-3-4-5-6(2)7/h6H,1H3. The van der Waals surface area contributed by atoms with Gasteiger partial charge in [0.15, 0.2) is 0 Å². The Kier molecular flexibility index (Phi) is 0.844. The lowest BCUT2D eigenvalue weighted by Gasteiger charge is -2.02. The number of quaternary nitrogens is 1. The Morgan fingerprint density at radius 3 is 2.57 bits per heavy atom. The first-order chi connectivity index (χ1) is 3.30. The Balaban J connectivity index is 2.69. The molecule has 0 fully saturated rings. The van der Waals surface area contributed by atoms with Crippen LogP contribution >= 0.6 is 0 Å². The van der Waals surface area contributed by atoms with E-state index >= 15 is 0 Å². The second-order valence-corrected chi connectivity index (χ2v) is 1.18. The van der Waals surface area contributed by atoms with Crippen molar-refractivity contribution in [2.24, 2.45) is 15.5 Å².